The fraction of sp³-hybridized carbons (Fsp3) is 0.312. The number of rotatable bonds is 3. The number of benzene rings is 1. The molecule has 1 aliphatic heterocycles. The first-order valence-electron chi connectivity index (χ1n) is 7.57. The minimum atomic E-state index is 0.0472. The van der Waals surface area contributed by atoms with Crippen LogP contribution in [0.2, 0.25) is 0 Å². The van der Waals surface area contributed by atoms with Gasteiger partial charge in [-0.05, 0) is 51.9 Å². The lowest BCUT2D eigenvalue weighted by molar-refractivity contribution is -0.0177. The van der Waals surface area contributed by atoms with Crippen molar-refractivity contribution in [3.8, 4) is 5.69 Å². The average Bonchev–Trinajstić information content (AvgIpc) is 3.27. The first kappa shape index (κ1) is 14.3. The molecule has 0 spiro atoms. The summed E-state index contributed by atoms with van der Waals surface area (Å²) in [5.74, 6) is 0.756. The van der Waals surface area contributed by atoms with Crippen molar-refractivity contribution in [1.29, 1.82) is 0 Å². The van der Waals surface area contributed by atoms with Crippen molar-refractivity contribution in [2.45, 2.75) is 19.1 Å². The number of morpholine rings is 1. The van der Waals surface area contributed by atoms with E-state index in [0.29, 0.717) is 0 Å². The van der Waals surface area contributed by atoms with Crippen molar-refractivity contribution in [3.05, 3.63) is 52.7 Å². The smallest absolute Gasteiger partial charge is 0.250 e. The Kier molecular flexibility index (Phi) is 3.80. The quantitative estimate of drug-likeness (QED) is 0.740. The van der Waals surface area contributed by atoms with E-state index >= 15 is 0 Å². The number of thiophene rings is 1. The third kappa shape index (κ3) is 2.85. The SMILES string of the molecule is C[C@@H]1CN(c2nnnn2-c2ccccc2)C[C@H](c2ccsc2)O1. The van der Waals surface area contributed by atoms with E-state index in [4.69, 9.17) is 4.74 Å². The van der Waals surface area contributed by atoms with E-state index in [-0.39, 0.29) is 12.2 Å². The molecule has 0 bridgehead atoms. The summed E-state index contributed by atoms with van der Waals surface area (Å²) in [6.45, 7) is 3.60. The number of nitrogens with zero attached hydrogens (tertiary/aromatic N) is 5. The van der Waals surface area contributed by atoms with Crippen molar-refractivity contribution in [2.24, 2.45) is 0 Å². The van der Waals surface area contributed by atoms with Gasteiger partial charge in [-0.3, -0.25) is 0 Å². The second-order valence-electron chi connectivity index (χ2n) is 5.62. The summed E-state index contributed by atoms with van der Waals surface area (Å²) in [4.78, 5) is 2.20. The monoisotopic (exact) mass is 327 g/mol. The number of hydrogen-bond acceptors (Lipinski definition) is 6. The fourth-order valence-electron chi connectivity index (χ4n) is 2.87. The molecule has 3 heterocycles. The zero-order chi connectivity index (χ0) is 15.6. The van der Waals surface area contributed by atoms with Crippen molar-refractivity contribution >= 4 is 17.3 Å². The lowest BCUT2D eigenvalue weighted by Gasteiger charge is -2.36. The minimum Gasteiger partial charge on any atom is -0.367 e. The molecule has 1 fully saturated rings. The van der Waals surface area contributed by atoms with E-state index in [2.05, 4.69) is 44.2 Å². The average molecular weight is 327 g/mol. The predicted molar refractivity (Wildman–Crippen MR) is 89.0 cm³/mol. The number of ether oxygens (including phenoxy) is 1. The molecule has 4 rings (SSSR count). The molecule has 1 aliphatic rings. The van der Waals surface area contributed by atoms with Crippen molar-refractivity contribution in [1.82, 2.24) is 20.2 Å². The predicted octanol–water partition coefficient (Wildman–Crippen LogP) is 2.69. The second-order valence-corrected chi connectivity index (χ2v) is 6.40. The van der Waals surface area contributed by atoms with E-state index in [1.54, 1.807) is 16.0 Å². The van der Waals surface area contributed by atoms with E-state index in [1.165, 1.54) is 5.56 Å². The van der Waals surface area contributed by atoms with Crippen LogP contribution < -0.4 is 4.90 Å². The van der Waals surface area contributed by atoms with Crippen molar-refractivity contribution in [2.75, 3.05) is 18.0 Å². The summed E-state index contributed by atoms with van der Waals surface area (Å²) in [6.07, 6.45) is 0.167. The van der Waals surface area contributed by atoms with Crippen LogP contribution in [-0.4, -0.2) is 39.4 Å². The van der Waals surface area contributed by atoms with Crippen LogP contribution in [0.3, 0.4) is 0 Å². The zero-order valence-corrected chi connectivity index (χ0v) is 13.6. The van der Waals surface area contributed by atoms with Gasteiger partial charge in [-0.1, -0.05) is 23.3 Å². The summed E-state index contributed by atoms with van der Waals surface area (Å²) >= 11 is 1.69. The first-order chi connectivity index (χ1) is 11.3. The highest BCUT2D eigenvalue weighted by molar-refractivity contribution is 7.07. The third-order valence-corrected chi connectivity index (χ3v) is 4.61. The second kappa shape index (κ2) is 6.10. The van der Waals surface area contributed by atoms with Crippen LogP contribution in [0.25, 0.3) is 5.69 Å². The van der Waals surface area contributed by atoms with Gasteiger partial charge in [0, 0.05) is 6.54 Å². The lowest BCUT2D eigenvalue weighted by Crippen LogP contribution is -2.44. The Morgan fingerprint density at radius 1 is 1.17 bits per heavy atom. The molecule has 0 unspecified atom stereocenters. The Bertz CT molecular complexity index is 758. The first-order valence-corrected chi connectivity index (χ1v) is 8.52. The van der Waals surface area contributed by atoms with Gasteiger partial charge in [-0.15, -0.1) is 0 Å². The van der Waals surface area contributed by atoms with E-state index < -0.39 is 0 Å². The van der Waals surface area contributed by atoms with Gasteiger partial charge in [-0.2, -0.15) is 16.0 Å². The van der Waals surface area contributed by atoms with E-state index in [1.807, 2.05) is 30.3 Å². The van der Waals surface area contributed by atoms with Gasteiger partial charge in [0.15, 0.2) is 0 Å². The minimum absolute atomic E-state index is 0.0472. The highest BCUT2D eigenvalue weighted by Crippen LogP contribution is 2.29. The molecule has 0 radical (unpaired) electrons. The topological polar surface area (TPSA) is 56.1 Å². The van der Waals surface area contributed by atoms with Crippen molar-refractivity contribution in [3.63, 3.8) is 0 Å². The molecule has 1 aromatic carbocycles. The van der Waals surface area contributed by atoms with Crippen LogP contribution in [0.4, 0.5) is 5.95 Å². The molecule has 3 aromatic rings. The Morgan fingerprint density at radius 2 is 2.04 bits per heavy atom. The van der Waals surface area contributed by atoms with Crippen LogP contribution in [0.15, 0.2) is 47.2 Å². The van der Waals surface area contributed by atoms with Crippen LogP contribution in [0.1, 0.15) is 18.6 Å². The van der Waals surface area contributed by atoms with Crippen LogP contribution in [0, 0.1) is 0 Å². The molecule has 118 valence electrons. The summed E-state index contributed by atoms with van der Waals surface area (Å²) in [6, 6.07) is 12.1. The fourth-order valence-corrected chi connectivity index (χ4v) is 3.57. The number of tetrazole rings is 1. The normalized spacial score (nSPS) is 21.5. The highest BCUT2D eigenvalue weighted by Gasteiger charge is 2.29. The Hall–Kier alpha value is -2.25. The van der Waals surface area contributed by atoms with Crippen LogP contribution in [-0.2, 0) is 4.74 Å². The van der Waals surface area contributed by atoms with Gasteiger partial charge in [-0.25, -0.2) is 0 Å². The maximum atomic E-state index is 6.09. The largest absolute Gasteiger partial charge is 0.367 e. The maximum Gasteiger partial charge on any atom is 0.250 e. The van der Waals surface area contributed by atoms with Gasteiger partial charge >= 0.3 is 0 Å². The van der Waals surface area contributed by atoms with Crippen molar-refractivity contribution < 1.29 is 4.74 Å². The van der Waals surface area contributed by atoms with Gasteiger partial charge in [0.25, 0.3) is 5.95 Å². The molecule has 0 saturated carbocycles. The van der Waals surface area contributed by atoms with Gasteiger partial charge in [0.05, 0.1) is 18.3 Å². The molecule has 6 nitrogen and oxygen atoms in total. The van der Waals surface area contributed by atoms with Gasteiger partial charge in [0.1, 0.15) is 6.10 Å². The van der Waals surface area contributed by atoms with Gasteiger partial charge in [0.2, 0.25) is 0 Å². The summed E-state index contributed by atoms with van der Waals surface area (Å²) in [5, 5.41) is 16.5. The Balaban J connectivity index is 1.64. The zero-order valence-electron chi connectivity index (χ0n) is 12.7. The molecular formula is C16H17N5OS. The number of hydrogen-bond donors (Lipinski definition) is 0. The molecule has 0 aliphatic carbocycles. The molecule has 7 heteroatoms. The molecule has 2 atom stereocenters. The molecular weight excluding hydrogens is 310 g/mol. The Morgan fingerprint density at radius 3 is 2.83 bits per heavy atom. The summed E-state index contributed by atoms with van der Waals surface area (Å²) in [5.41, 5.74) is 2.17. The molecule has 23 heavy (non-hydrogen) atoms. The maximum absolute atomic E-state index is 6.09. The summed E-state index contributed by atoms with van der Waals surface area (Å²) < 4.78 is 7.87. The number of aromatic nitrogens is 4. The van der Waals surface area contributed by atoms with Gasteiger partial charge < -0.3 is 9.64 Å². The molecule has 2 aromatic heterocycles. The van der Waals surface area contributed by atoms with Crippen LogP contribution in [0.5, 0.6) is 0 Å². The van der Waals surface area contributed by atoms with Crippen LogP contribution >= 0.6 is 11.3 Å². The third-order valence-electron chi connectivity index (χ3n) is 3.91. The highest BCUT2D eigenvalue weighted by atomic mass is 32.1. The molecule has 1 saturated heterocycles. The standard InChI is InChI=1S/C16H17N5OS/c1-12-9-20(10-15(22-12)13-7-8-23-11-13)16-17-18-19-21(16)14-5-3-2-4-6-14/h2-8,11-12,15H,9-10H2,1H3/t12-,15-/m1/s1. The van der Waals surface area contributed by atoms with E-state index in [9.17, 15) is 0 Å². The van der Waals surface area contributed by atoms with E-state index in [0.717, 1.165) is 24.7 Å². The number of anilines is 1. The number of para-hydroxylation sites is 1. The molecule has 0 amide bonds. The Labute approximate surface area is 138 Å². The summed E-state index contributed by atoms with van der Waals surface area (Å²) in [7, 11) is 0. The lowest BCUT2D eigenvalue weighted by atomic mass is 10.1. The molecule has 0 N–H and O–H groups in total.